The van der Waals surface area contributed by atoms with Crippen molar-refractivity contribution in [1.82, 2.24) is 10.6 Å². The highest BCUT2D eigenvalue weighted by atomic mass is 16.6. The van der Waals surface area contributed by atoms with Crippen LogP contribution in [0.3, 0.4) is 0 Å². The van der Waals surface area contributed by atoms with Gasteiger partial charge in [-0.15, -0.1) is 0 Å². The van der Waals surface area contributed by atoms with Gasteiger partial charge in [-0.25, -0.2) is 0 Å². The maximum absolute atomic E-state index is 12.1. The van der Waals surface area contributed by atoms with Crippen LogP contribution in [0.25, 0.3) is 0 Å². The first-order chi connectivity index (χ1) is 13.0. The Morgan fingerprint density at radius 1 is 1.04 bits per heavy atom. The molecule has 142 valence electrons. The highest BCUT2D eigenvalue weighted by Gasteiger charge is 2.15. The van der Waals surface area contributed by atoms with Crippen molar-refractivity contribution in [2.75, 3.05) is 13.1 Å². The van der Waals surface area contributed by atoms with Gasteiger partial charge in [0, 0.05) is 30.3 Å². The number of carbonyl (C=O) groups excluding carboxylic acids is 2. The van der Waals surface area contributed by atoms with Crippen LogP contribution < -0.4 is 16.4 Å². The molecule has 2 aromatic rings. The zero-order valence-electron chi connectivity index (χ0n) is 14.8. The average Bonchev–Trinajstić information content (AvgIpc) is 2.67. The molecular formula is C19H22N4O4. The summed E-state index contributed by atoms with van der Waals surface area (Å²) in [5.41, 5.74) is 7.03. The van der Waals surface area contributed by atoms with E-state index in [1.165, 1.54) is 6.07 Å². The van der Waals surface area contributed by atoms with Gasteiger partial charge in [0.05, 0.1) is 11.3 Å². The Morgan fingerprint density at radius 2 is 1.74 bits per heavy atom. The van der Waals surface area contributed by atoms with Crippen LogP contribution in [0, 0.1) is 10.1 Å². The predicted octanol–water partition coefficient (Wildman–Crippen LogP) is 1.53. The summed E-state index contributed by atoms with van der Waals surface area (Å²) in [7, 11) is 0. The molecular weight excluding hydrogens is 348 g/mol. The Bertz CT molecular complexity index is 806. The smallest absolute Gasteiger partial charge is 0.273 e. The van der Waals surface area contributed by atoms with Crippen LogP contribution >= 0.6 is 0 Å². The molecule has 0 saturated carbocycles. The first-order valence-corrected chi connectivity index (χ1v) is 8.57. The quantitative estimate of drug-likeness (QED) is 0.350. The molecule has 8 heteroatoms. The molecule has 0 radical (unpaired) electrons. The number of benzene rings is 2. The van der Waals surface area contributed by atoms with E-state index >= 15 is 0 Å². The second-order valence-corrected chi connectivity index (χ2v) is 5.93. The number of para-hydroxylation sites is 1. The highest BCUT2D eigenvalue weighted by molar-refractivity contribution is 5.94. The number of nitrogens with zero attached hydrogens (tertiary/aromatic N) is 1. The van der Waals surface area contributed by atoms with E-state index in [1.807, 2.05) is 0 Å². The summed E-state index contributed by atoms with van der Waals surface area (Å²) in [6.07, 6.45) is 0.647. The number of carbonyl (C=O) groups is 2. The first kappa shape index (κ1) is 20.1. The first-order valence-electron chi connectivity index (χ1n) is 8.57. The van der Waals surface area contributed by atoms with E-state index in [0.29, 0.717) is 24.2 Å². The molecule has 0 saturated heterocycles. The maximum Gasteiger partial charge on any atom is 0.273 e. The zero-order valence-corrected chi connectivity index (χ0v) is 14.8. The average molecular weight is 370 g/mol. The van der Waals surface area contributed by atoms with E-state index in [0.717, 1.165) is 12.0 Å². The molecule has 0 aromatic heterocycles. The van der Waals surface area contributed by atoms with Crippen molar-refractivity contribution in [3.63, 3.8) is 0 Å². The van der Waals surface area contributed by atoms with Gasteiger partial charge in [-0.1, -0.05) is 30.3 Å². The molecule has 2 aromatic carbocycles. The number of nitrogens with two attached hydrogens (primary N) is 1. The lowest BCUT2D eigenvalue weighted by atomic mass is 10.1. The van der Waals surface area contributed by atoms with E-state index in [-0.39, 0.29) is 30.5 Å². The molecule has 0 aliphatic heterocycles. The van der Waals surface area contributed by atoms with Gasteiger partial charge in [0.15, 0.2) is 0 Å². The van der Waals surface area contributed by atoms with Gasteiger partial charge >= 0.3 is 0 Å². The number of rotatable bonds is 9. The van der Waals surface area contributed by atoms with Crippen LogP contribution in [-0.2, 0) is 17.8 Å². The molecule has 0 fully saturated rings. The summed E-state index contributed by atoms with van der Waals surface area (Å²) in [5, 5.41) is 16.5. The van der Waals surface area contributed by atoms with E-state index in [1.54, 1.807) is 42.5 Å². The number of hydrogen-bond donors (Lipinski definition) is 3. The van der Waals surface area contributed by atoms with Crippen molar-refractivity contribution in [2.24, 2.45) is 5.73 Å². The number of nitro groups is 1. The van der Waals surface area contributed by atoms with Crippen LogP contribution in [0.2, 0.25) is 0 Å². The molecule has 2 rings (SSSR count). The monoisotopic (exact) mass is 370 g/mol. The summed E-state index contributed by atoms with van der Waals surface area (Å²) in [5.74, 6) is -0.483. The summed E-state index contributed by atoms with van der Waals surface area (Å²) in [6, 6.07) is 13.0. The Balaban J connectivity index is 1.87. The van der Waals surface area contributed by atoms with E-state index in [4.69, 9.17) is 5.73 Å². The van der Waals surface area contributed by atoms with Crippen LogP contribution in [0.4, 0.5) is 5.69 Å². The molecule has 0 aliphatic rings. The molecule has 0 aliphatic carbocycles. The maximum atomic E-state index is 12.1. The van der Waals surface area contributed by atoms with E-state index in [9.17, 15) is 19.7 Å². The molecule has 0 atom stereocenters. The lowest BCUT2D eigenvalue weighted by molar-refractivity contribution is -0.385. The van der Waals surface area contributed by atoms with Crippen molar-refractivity contribution >= 4 is 17.5 Å². The summed E-state index contributed by atoms with van der Waals surface area (Å²) >= 11 is 0. The predicted molar refractivity (Wildman–Crippen MR) is 101 cm³/mol. The molecule has 8 nitrogen and oxygen atoms in total. The third-order valence-electron chi connectivity index (χ3n) is 3.91. The standard InChI is InChI=1S/C19H22N4O4/c20-10-3-11-21-19(25)15-8-6-14(7-9-15)13-22-18(24)12-16-4-1-2-5-17(16)23(26)27/h1-2,4-9H,3,10-13,20H2,(H,21,25)(H,22,24). The third kappa shape index (κ3) is 6.19. The van der Waals surface area contributed by atoms with Gasteiger partial charge < -0.3 is 16.4 Å². The van der Waals surface area contributed by atoms with Crippen molar-refractivity contribution in [3.05, 3.63) is 75.3 Å². The second kappa shape index (κ2) is 10.0. The molecule has 0 unspecified atom stereocenters. The number of hydrogen-bond acceptors (Lipinski definition) is 5. The van der Waals surface area contributed by atoms with E-state index in [2.05, 4.69) is 10.6 Å². The fourth-order valence-electron chi connectivity index (χ4n) is 2.45. The van der Waals surface area contributed by atoms with Crippen LogP contribution in [0.5, 0.6) is 0 Å². The van der Waals surface area contributed by atoms with Crippen LogP contribution in [-0.4, -0.2) is 29.8 Å². The molecule has 0 spiro atoms. The van der Waals surface area contributed by atoms with Gasteiger partial charge in [-0.2, -0.15) is 0 Å². The minimum absolute atomic E-state index is 0.0706. The normalized spacial score (nSPS) is 10.3. The summed E-state index contributed by atoms with van der Waals surface area (Å²) < 4.78 is 0. The lowest BCUT2D eigenvalue weighted by Gasteiger charge is -2.08. The number of nitrogens with one attached hydrogen (secondary N) is 2. The molecule has 27 heavy (non-hydrogen) atoms. The highest BCUT2D eigenvalue weighted by Crippen LogP contribution is 2.18. The van der Waals surface area contributed by atoms with Crippen LogP contribution in [0.15, 0.2) is 48.5 Å². The molecule has 2 amide bonds. The van der Waals surface area contributed by atoms with Gasteiger partial charge in [0.1, 0.15) is 0 Å². The molecule has 4 N–H and O–H groups in total. The van der Waals surface area contributed by atoms with Gasteiger partial charge in [-0.3, -0.25) is 19.7 Å². The zero-order chi connectivity index (χ0) is 19.6. The van der Waals surface area contributed by atoms with Gasteiger partial charge in [-0.05, 0) is 30.7 Å². The van der Waals surface area contributed by atoms with Crippen molar-refractivity contribution in [1.29, 1.82) is 0 Å². The Kier molecular flexibility index (Phi) is 7.45. The number of amides is 2. The second-order valence-electron chi connectivity index (χ2n) is 5.93. The molecule has 0 bridgehead atoms. The third-order valence-corrected chi connectivity index (χ3v) is 3.91. The fraction of sp³-hybridized carbons (Fsp3) is 0.263. The Morgan fingerprint density at radius 3 is 2.41 bits per heavy atom. The van der Waals surface area contributed by atoms with Crippen molar-refractivity contribution in [3.8, 4) is 0 Å². The number of nitro benzene ring substituents is 1. The minimum atomic E-state index is -0.500. The topological polar surface area (TPSA) is 127 Å². The van der Waals surface area contributed by atoms with Crippen molar-refractivity contribution < 1.29 is 14.5 Å². The Hall–Kier alpha value is -3.26. The Labute approximate surface area is 156 Å². The summed E-state index contributed by atoms with van der Waals surface area (Å²) in [6.45, 7) is 1.32. The van der Waals surface area contributed by atoms with Crippen LogP contribution in [0.1, 0.15) is 27.9 Å². The fourth-order valence-corrected chi connectivity index (χ4v) is 2.45. The largest absolute Gasteiger partial charge is 0.352 e. The minimum Gasteiger partial charge on any atom is -0.352 e. The SMILES string of the molecule is NCCCNC(=O)c1ccc(CNC(=O)Cc2ccccc2[N+](=O)[O-])cc1. The molecule has 0 heterocycles. The van der Waals surface area contributed by atoms with Gasteiger partial charge in [0.25, 0.3) is 11.6 Å². The van der Waals surface area contributed by atoms with Crippen molar-refractivity contribution in [2.45, 2.75) is 19.4 Å². The van der Waals surface area contributed by atoms with E-state index < -0.39 is 4.92 Å². The van der Waals surface area contributed by atoms with Gasteiger partial charge in [0.2, 0.25) is 5.91 Å². The summed E-state index contributed by atoms with van der Waals surface area (Å²) in [4.78, 5) is 34.5. The lowest BCUT2D eigenvalue weighted by Crippen LogP contribution is -2.26.